The van der Waals surface area contributed by atoms with E-state index in [-0.39, 0.29) is 0 Å². The first-order valence-electron chi connectivity index (χ1n) is 4.35. The molecule has 0 saturated carbocycles. The van der Waals surface area contributed by atoms with Crippen LogP contribution in [0.25, 0.3) is 0 Å². The Morgan fingerprint density at radius 3 is 2.54 bits per heavy atom. The van der Waals surface area contributed by atoms with Gasteiger partial charge in [-0.05, 0) is 26.4 Å². The van der Waals surface area contributed by atoms with Gasteiger partial charge in [-0.25, -0.2) is 0 Å². The minimum Gasteiger partial charge on any atom is -0.324 e. The third kappa shape index (κ3) is 3.52. The fourth-order valence-electron chi connectivity index (χ4n) is 1.94. The Kier molecular flexibility index (Phi) is 2.87. The van der Waals surface area contributed by atoms with Crippen LogP contribution < -0.4 is 5.73 Å². The van der Waals surface area contributed by atoms with Crippen LogP contribution in [0.1, 0.15) is 19.3 Å². The Labute approximate surface area is 75.9 Å². The molecule has 1 unspecified atom stereocenters. The molecule has 0 spiro atoms. The standard InChI is InChI=1S/C8H15F3N2/c1-13-4-2-3-7(12,6-13)5-8(9,10)11/h2-6,12H2,1H3. The Balaban J connectivity index is 2.54. The second-order valence-corrected chi connectivity index (χ2v) is 4.00. The van der Waals surface area contributed by atoms with Crippen molar-refractivity contribution < 1.29 is 13.2 Å². The molecule has 1 aliphatic heterocycles. The van der Waals surface area contributed by atoms with E-state index in [2.05, 4.69) is 0 Å². The van der Waals surface area contributed by atoms with Crippen molar-refractivity contribution in [2.45, 2.75) is 31.0 Å². The van der Waals surface area contributed by atoms with Crippen LogP contribution in [-0.2, 0) is 0 Å². The molecule has 0 amide bonds. The highest BCUT2D eigenvalue weighted by atomic mass is 19.4. The molecule has 0 aromatic heterocycles. The van der Waals surface area contributed by atoms with Crippen LogP contribution >= 0.6 is 0 Å². The average Bonchev–Trinajstić information content (AvgIpc) is 1.79. The van der Waals surface area contributed by atoms with Gasteiger partial charge in [0.2, 0.25) is 0 Å². The Morgan fingerprint density at radius 2 is 2.08 bits per heavy atom. The molecule has 1 fully saturated rings. The number of hydrogen-bond acceptors (Lipinski definition) is 2. The molecule has 0 bridgehead atoms. The third-order valence-corrected chi connectivity index (χ3v) is 2.35. The number of rotatable bonds is 1. The summed E-state index contributed by atoms with van der Waals surface area (Å²) in [7, 11) is 1.80. The maximum absolute atomic E-state index is 12.1. The molecule has 2 nitrogen and oxygen atoms in total. The van der Waals surface area contributed by atoms with Gasteiger partial charge in [0.25, 0.3) is 0 Å². The smallest absolute Gasteiger partial charge is 0.324 e. The summed E-state index contributed by atoms with van der Waals surface area (Å²) in [6, 6.07) is 0. The minimum atomic E-state index is -4.15. The van der Waals surface area contributed by atoms with Gasteiger partial charge in [-0.2, -0.15) is 13.2 Å². The van der Waals surface area contributed by atoms with E-state index in [1.807, 2.05) is 4.90 Å². The van der Waals surface area contributed by atoms with Crippen LogP contribution in [0, 0.1) is 0 Å². The van der Waals surface area contributed by atoms with Crippen LogP contribution in [0.15, 0.2) is 0 Å². The summed E-state index contributed by atoms with van der Waals surface area (Å²) >= 11 is 0. The highest BCUT2D eigenvalue weighted by molar-refractivity contribution is 4.92. The quantitative estimate of drug-likeness (QED) is 0.686. The molecule has 78 valence electrons. The highest BCUT2D eigenvalue weighted by Gasteiger charge is 2.41. The first-order valence-corrected chi connectivity index (χ1v) is 4.35. The lowest BCUT2D eigenvalue weighted by Gasteiger charge is -2.38. The van der Waals surface area contributed by atoms with Gasteiger partial charge in [0.05, 0.1) is 6.42 Å². The van der Waals surface area contributed by atoms with Gasteiger partial charge in [-0.1, -0.05) is 0 Å². The van der Waals surface area contributed by atoms with Crippen LogP contribution in [0.4, 0.5) is 13.2 Å². The van der Waals surface area contributed by atoms with E-state index < -0.39 is 18.1 Å². The van der Waals surface area contributed by atoms with E-state index in [0.717, 1.165) is 13.0 Å². The molecule has 0 aromatic carbocycles. The molecule has 0 radical (unpaired) electrons. The second kappa shape index (κ2) is 3.46. The van der Waals surface area contributed by atoms with Crippen molar-refractivity contribution in [2.24, 2.45) is 5.73 Å². The maximum Gasteiger partial charge on any atom is 0.390 e. The molecule has 1 atom stereocenters. The predicted octanol–water partition coefficient (Wildman–Crippen LogP) is 1.36. The summed E-state index contributed by atoms with van der Waals surface area (Å²) in [6.07, 6.45) is -3.79. The van der Waals surface area contributed by atoms with Crippen LogP contribution in [0.5, 0.6) is 0 Å². The summed E-state index contributed by atoms with van der Waals surface area (Å²) in [6.45, 7) is 1.18. The van der Waals surface area contributed by atoms with E-state index in [4.69, 9.17) is 5.73 Å². The van der Waals surface area contributed by atoms with E-state index in [0.29, 0.717) is 13.0 Å². The zero-order chi connectivity index (χ0) is 10.1. The Hall–Kier alpha value is -0.290. The van der Waals surface area contributed by atoms with Crippen LogP contribution in [0.3, 0.4) is 0 Å². The largest absolute Gasteiger partial charge is 0.390 e. The zero-order valence-electron chi connectivity index (χ0n) is 7.69. The molecule has 1 saturated heterocycles. The van der Waals surface area contributed by atoms with Gasteiger partial charge < -0.3 is 10.6 Å². The van der Waals surface area contributed by atoms with Crippen molar-refractivity contribution in [3.8, 4) is 0 Å². The number of piperidine rings is 1. The molecule has 1 aliphatic rings. The topological polar surface area (TPSA) is 29.3 Å². The van der Waals surface area contributed by atoms with Gasteiger partial charge in [0.1, 0.15) is 0 Å². The lowest BCUT2D eigenvalue weighted by molar-refractivity contribution is -0.151. The number of nitrogens with zero attached hydrogens (tertiary/aromatic N) is 1. The lowest BCUT2D eigenvalue weighted by atomic mass is 9.87. The Bertz CT molecular complexity index is 181. The van der Waals surface area contributed by atoms with Crippen LogP contribution in [0.2, 0.25) is 0 Å². The van der Waals surface area contributed by atoms with Gasteiger partial charge in [-0.15, -0.1) is 0 Å². The van der Waals surface area contributed by atoms with Gasteiger partial charge >= 0.3 is 6.18 Å². The number of alkyl halides is 3. The summed E-state index contributed by atoms with van der Waals surface area (Å²) in [4.78, 5) is 1.86. The number of nitrogens with two attached hydrogens (primary N) is 1. The molecule has 1 heterocycles. The van der Waals surface area contributed by atoms with Crippen molar-refractivity contribution in [3.63, 3.8) is 0 Å². The number of hydrogen-bond donors (Lipinski definition) is 1. The van der Waals surface area contributed by atoms with E-state index >= 15 is 0 Å². The number of likely N-dealkylation sites (N-methyl/N-ethyl adjacent to an activating group) is 1. The summed E-state index contributed by atoms with van der Waals surface area (Å²) in [5, 5.41) is 0. The average molecular weight is 196 g/mol. The molecular weight excluding hydrogens is 181 g/mol. The molecule has 13 heavy (non-hydrogen) atoms. The summed E-state index contributed by atoms with van der Waals surface area (Å²) < 4.78 is 36.3. The third-order valence-electron chi connectivity index (χ3n) is 2.35. The highest BCUT2D eigenvalue weighted by Crippen LogP contribution is 2.31. The fourth-order valence-corrected chi connectivity index (χ4v) is 1.94. The van der Waals surface area contributed by atoms with Crippen molar-refractivity contribution in [1.29, 1.82) is 0 Å². The van der Waals surface area contributed by atoms with Crippen molar-refractivity contribution >= 4 is 0 Å². The molecule has 0 aliphatic carbocycles. The molecular formula is C8H15F3N2. The van der Waals surface area contributed by atoms with Gasteiger partial charge in [0, 0.05) is 12.1 Å². The van der Waals surface area contributed by atoms with E-state index in [1.54, 1.807) is 7.05 Å². The fraction of sp³-hybridized carbons (Fsp3) is 1.00. The molecule has 0 aromatic rings. The van der Waals surface area contributed by atoms with Crippen molar-refractivity contribution in [1.82, 2.24) is 4.90 Å². The summed E-state index contributed by atoms with van der Waals surface area (Å²) in [5.41, 5.74) is 4.61. The SMILES string of the molecule is CN1CCCC(N)(CC(F)(F)F)C1. The van der Waals surface area contributed by atoms with E-state index in [9.17, 15) is 13.2 Å². The monoisotopic (exact) mass is 196 g/mol. The molecule has 1 rings (SSSR count). The number of halogens is 3. The van der Waals surface area contributed by atoms with E-state index in [1.165, 1.54) is 0 Å². The zero-order valence-corrected chi connectivity index (χ0v) is 7.69. The minimum absolute atomic E-state index is 0.340. The second-order valence-electron chi connectivity index (χ2n) is 4.00. The van der Waals surface area contributed by atoms with Crippen molar-refractivity contribution in [2.75, 3.05) is 20.1 Å². The lowest BCUT2D eigenvalue weighted by Crippen LogP contribution is -2.55. The maximum atomic E-state index is 12.1. The van der Waals surface area contributed by atoms with Gasteiger partial charge in [-0.3, -0.25) is 0 Å². The molecule has 5 heteroatoms. The first-order chi connectivity index (χ1) is 5.81. The summed E-state index contributed by atoms with van der Waals surface area (Å²) in [5.74, 6) is 0. The molecule has 2 N–H and O–H groups in total. The normalized spacial score (nSPS) is 32.1. The van der Waals surface area contributed by atoms with Gasteiger partial charge in [0.15, 0.2) is 0 Å². The number of likely N-dealkylation sites (tertiary alicyclic amines) is 1. The predicted molar refractivity (Wildman–Crippen MR) is 44.3 cm³/mol. The Morgan fingerprint density at radius 1 is 1.46 bits per heavy atom. The first kappa shape index (κ1) is 10.8. The van der Waals surface area contributed by atoms with Crippen molar-refractivity contribution in [3.05, 3.63) is 0 Å². The van der Waals surface area contributed by atoms with Crippen LogP contribution in [-0.4, -0.2) is 36.8 Å².